The van der Waals surface area contributed by atoms with Crippen LogP contribution in [0.1, 0.15) is 6.92 Å². The fourth-order valence-electron chi connectivity index (χ4n) is 1.78. The van der Waals surface area contributed by atoms with Crippen molar-refractivity contribution in [2.75, 3.05) is 6.54 Å². The first-order valence-electron chi connectivity index (χ1n) is 5.63. The molecule has 6 nitrogen and oxygen atoms in total. The van der Waals surface area contributed by atoms with Crippen LogP contribution in [0.2, 0.25) is 0 Å². The number of hydrogen-bond acceptors (Lipinski definition) is 6. The molecule has 0 aromatic rings. The Morgan fingerprint density at radius 2 is 1.61 bits per heavy atom. The molecule has 1 rings (SSSR count). The van der Waals surface area contributed by atoms with Crippen LogP contribution < -0.4 is 0 Å². The van der Waals surface area contributed by atoms with Gasteiger partial charge in [0, 0.05) is 12.7 Å². The second-order valence-electron chi connectivity index (χ2n) is 4.15. The Kier molecular flexibility index (Phi) is 4.75. The molecule has 1 aliphatic heterocycles. The summed E-state index contributed by atoms with van der Waals surface area (Å²) in [4.78, 5) is 0.123. The normalized spacial score (nSPS) is 20.7. The molecule has 0 aromatic heterocycles. The second kappa shape index (κ2) is 5.58. The van der Waals surface area contributed by atoms with Crippen LogP contribution in [0.5, 0.6) is 0 Å². The van der Waals surface area contributed by atoms with Crippen molar-refractivity contribution >= 4 is 19.7 Å². The third-order valence-corrected chi connectivity index (χ3v) is 5.99. The van der Waals surface area contributed by atoms with Gasteiger partial charge in [-0.15, -0.1) is 0 Å². The van der Waals surface area contributed by atoms with E-state index in [0.717, 1.165) is 6.92 Å². The summed E-state index contributed by atoms with van der Waals surface area (Å²) in [7, 11) is -12.1. The van der Waals surface area contributed by atoms with Crippen LogP contribution in [0.15, 0.2) is 24.0 Å². The topological polar surface area (TPSA) is 74.8 Å². The van der Waals surface area contributed by atoms with Crippen LogP contribution in [0.3, 0.4) is 0 Å². The van der Waals surface area contributed by atoms with Crippen molar-refractivity contribution in [3.63, 3.8) is 0 Å². The Labute approximate surface area is 127 Å². The fourth-order valence-corrected chi connectivity index (χ4v) is 4.19. The van der Waals surface area contributed by atoms with Gasteiger partial charge in [0.05, 0.1) is 0 Å². The lowest BCUT2D eigenvalue weighted by atomic mass is 10.6. The molecule has 0 aromatic carbocycles. The summed E-state index contributed by atoms with van der Waals surface area (Å²) in [6.07, 6.45) is 0.628. The highest BCUT2D eigenvalue weighted by Gasteiger charge is 2.60. The highest BCUT2D eigenvalue weighted by Crippen LogP contribution is 2.40. The summed E-state index contributed by atoms with van der Waals surface area (Å²) < 4.78 is 122. The Balaban J connectivity index is 3.57. The van der Waals surface area contributed by atoms with Gasteiger partial charge in [0.1, 0.15) is 0 Å². The van der Waals surface area contributed by atoms with Gasteiger partial charge in [-0.05, 0) is 13.1 Å². The van der Waals surface area contributed by atoms with Gasteiger partial charge in [0.25, 0.3) is 19.7 Å². The molecule has 0 fully saturated rings. The maximum atomic E-state index is 12.7. The smallest absolute Gasteiger partial charge is 0.327 e. The van der Waals surface area contributed by atoms with Crippen LogP contribution in [-0.4, -0.2) is 49.7 Å². The monoisotopic (exact) mass is 388 g/mol. The molecule has 0 bridgehead atoms. The Morgan fingerprint density at radius 1 is 1.13 bits per heavy atom. The molecular formula is C9H10F6N2O4S2. The van der Waals surface area contributed by atoms with E-state index in [1.807, 2.05) is 0 Å². The molecule has 0 aliphatic carbocycles. The van der Waals surface area contributed by atoms with Gasteiger partial charge < -0.3 is 9.80 Å². The zero-order valence-corrected chi connectivity index (χ0v) is 12.9. The minimum atomic E-state index is -6.05. The molecule has 1 unspecified atom stereocenters. The number of sulfone groups is 2. The van der Waals surface area contributed by atoms with Gasteiger partial charge >= 0.3 is 11.0 Å². The largest absolute Gasteiger partial charge is 0.503 e. The second-order valence-corrected chi connectivity index (χ2v) is 8.01. The average molecular weight is 388 g/mol. The van der Waals surface area contributed by atoms with Crippen LogP contribution in [0, 0.1) is 0 Å². The zero-order valence-electron chi connectivity index (χ0n) is 11.3. The van der Waals surface area contributed by atoms with Crippen molar-refractivity contribution < 1.29 is 43.2 Å². The third kappa shape index (κ3) is 3.00. The molecule has 1 atom stereocenters. The van der Waals surface area contributed by atoms with E-state index >= 15 is 0 Å². The van der Waals surface area contributed by atoms with Gasteiger partial charge in [-0.3, -0.25) is 0 Å². The lowest BCUT2D eigenvalue weighted by Crippen LogP contribution is -2.50. The molecule has 134 valence electrons. The van der Waals surface area contributed by atoms with Crippen molar-refractivity contribution in [2.24, 2.45) is 0 Å². The molecule has 0 N–H and O–H groups in total. The lowest BCUT2D eigenvalue weighted by molar-refractivity contribution is -0.0474. The van der Waals surface area contributed by atoms with E-state index in [1.54, 1.807) is 0 Å². The Hall–Kier alpha value is -1.44. The molecule has 0 radical (unpaired) electrons. The van der Waals surface area contributed by atoms with Gasteiger partial charge in [0.15, 0.2) is 5.03 Å². The minimum Gasteiger partial charge on any atom is -0.327 e. The molecule has 14 heteroatoms. The molecule has 1 aliphatic rings. The van der Waals surface area contributed by atoms with Crippen molar-refractivity contribution in [2.45, 2.75) is 23.4 Å². The molecular weight excluding hydrogens is 378 g/mol. The number of nitrogens with zero attached hydrogens (tertiary/aromatic N) is 2. The highest BCUT2D eigenvalue weighted by atomic mass is 32.2. The number of rotatable bonds is 4. The van der Waals surface area contributed by atoms with Gasteiger partial charge in [-0.2, -0.15) is 26.3 Å². The summed E-state index contributed by atoms with van der Waals surface area (Å²) in [5, 5.41) is -1.61. The molecule has 0 amide bonds. The van der Waals surface area contributed by atoms with Gasteiger partial charge in [-0.1, -0.05) is 6.58 Å². The van der Waals surface area contributed by atoms with E-state index in [2.05, 4.69) is 6.58 Å². The molecule has 0 saturated heterocycles. The summed E-state index contributed by atoms with van der Waals surface area (Å²) >= 11 is 0. The summed E-state index contributed by atoms with van der Waals surface area (Å²) in [5.74, 6) is 0. The maximum absolute atomic E-state index is 12.7. The van der Waals surface area contributed by atoms with Crippen LogP contribution in [-0.2, 0) is 19.7 Å². The van der Waals surface area contributed by atoms with Crippen molar-refractivity contribution in [3.8, 4) is 0 Å². The van der Waals surface area contributed by atoms with Crippen molar-refractivity contribution in [3.05, 3.63) is 24.0 Å². The van der Waals surface area contributed by atoms with Gasteiger partial charge in [-0.25, -0.2) is 16.8 Å². The SMILES string of the molecule is C=CN1C=C(S(=O)(=O)C(F)(F)F)N(CC)C1S(=O)(=O)C(F)(F)F. The Morgan fingerprint density at radius 3 is 1.91 bits per heavy atom. The van der Waals surface area contributed by atoms with Crippen LogP contribution in [0.25, 0.3) is 0 Å². The van der Waals surface area contributed by atoms with Crippen LogP contribution >= 0.6 is 0 Å². The fraction of sp³-hybridized carbons (Fsp3) is 0.556. The standard InChI is InChI=1S/C9H10F6N2O4S2/c1-3-16-5-6(22(18,19)8(10,11)12)17(4-2)7(16)23(20,21)9(13,14)15/h3,5,7H,1,4H2,2H3. The summed E-state index contributed by atoms with van der Waals surface area (Å²) in [6.45, 7) is 3.24. The van der Waals surface area contributed by atoms with Gasteiger partial charge in [0.2, 0.25) is 5.50 Å². The quantitative estimate of drug-likeness (QED) is 0.683. The first-order valence-corrected chi connectivity index (χ1v) is 8.65. The van der Waals surface area contributed by atoms with Crippen LogP contribution in [0.4, 0.5) is 26.3 Å². The highest BCUT2D eigenvalue weighted by molar-refractivity contribution is 7.96. The number of hydrogen-bond donors (Lipinski definition) is 0. The van der Waals surface area contributed by atoms with E-state index in [-0.39, 0.29) is 16.0 Å². The number of halogens is 6. The predicted molar refractivity (Wildman–Crippen MR) is 66.2 cm³/mol. The third-order valence-electron chi connectivity index (χ3n) is 2.80. The van der Waals surface area contributed by atoms with E-state index in [1.165, 1.54) is 0 Å². The molecule has 0 spiro atoms. The van der Waals surface area contributed by atoms with E-state index in [4.69, 9.17) is 0 Å². The molecule has 1 heterocycles. The maximum Gasteiger partial charge on any atom is 0.503 e. The van der Waals surface area contributed by atoms with Crippen molar-refractivity contribution in [1.82, 2.24) is 9.80 Å². The Bertz CT molecular complexity index is 722. The number of alkyl halides is 6. The summed E-state index contributed by atoms with van der Waals surface area (Å²) in [6, 6.07) is 0. The van der Waals surface area contributed by atoms with E-state index in [0.29, 0.717) is 6.20 Å². The average Bonchev–Trinajstić information content (AvgIpc) is 2.75. The molecule has 23 heavy (non-hydrogen) atoms. The summed E-state index contributed by atoms with van der Waals surface area (Å²) in [5.41, 5.74) is -14.3. The predicted octanol–water partition coefficient (Wildman–Crippen LogP) is 1.72. The minimum absolute atomic E-state index is 0.0205. The zero-order chi connectivity index (χ0) is 18.4. The van der Waals surface area contributed by atoms with E-state index < -0.39 is 47.8 Å². The lowest BCUT2D eigenvalue weighted by Gasteiger charge is -2.31. The first-order chi connectivity index (χ1) is 10.1. The molecule has 0 saturated carbocycles. The van der Waals surface area contributed by atoms with E-state index in [9.17, 15) is 43.2 Å². The first kappa shape index (κ1) is 19.6. The van der Waals surface area contributed by atoms with Crippen molar-refractivity contribution in [1.29, 1.82) is 0 Å².